The van der Waals surface area contributed by atoms with Crippen molar-refractivity contribution in [1.82, 2.24) is 0 Å². The molecule has 1 atom stereocenters. The third kappa shape index (κ3) is 2.72. The predicted molar refractivity (Wildman–Crippen MR) is 77.0 cm³/mol. The summed E-state index contributed by atoms with van der Waals surface area (Å²) < 4.78 is 5.38. The summed E-state index contributed by atoms with van der Waals surface area (Å²) in [5, 5.41) is 4.21. The lowest BCUT2D eigenvalue weighted by Gasteiger charge is -2.13. The highest BCUT2D eigenvalue weighted by molar-refractivity contribution is 7.99. The standard InChI is InChI=1S/C15H17NOS/c1-2-6-15-12(4-1)7-8-14(10-16-15)18-11-13-5-3-9-17-13/h1-6,9,14,16H,7-8,10-11H2. The number of thioether (sulfide) groups is 1. The largest absolute Gasteiger partial charge is 0.468 e. The minimum absolute atomic E-state index is 0.655. The number of para-hydroxylation sites is 1. The van der Waals surface area contributed by atoms with Gasteiger partial charge in [-0.1, -0.05) is 18.2 Å². The second-order valence-electron chi connectivity index (χ2n) is 4.59. The van der Waals surface area contributed by atoms with Gasteiger partial charge in [-0.05, 0) is 36.6 Å². The Labute approximate surface area is 112 Å². The van der Waals surface area contributed by atoms with Crippen LogP contribution in [0.3, 0.4) is 0 Å². The minimum Gasteiger partial charge on any atom is -0.468 e. The zero-order valence-corrected chi connectivity index (χ0v) is 11.1. The van der Waals surface area contributed by atoms with Crippen LogP contribution in [0.5, 0.6) is 0 Å². The zero-order valence-electron chi connectivity index (χ0n) is 10.3. The normalized spacial score (nSPS) is 18.8. The molecule has 1 aromatic carbocycles. The van der Waals surface area contributed by atoms with E-state index in [1.807, 2.05) is 23.9 Å². The summed E-state index contributed by atoms with van der Waals surface area (Å²) in [6.45, 7) is 1.04. The van der Waals surface area contributed by atoms with Gasteiger partial charge in [0.25, 0.3) is 0 Å². The lowest BCUT2D eigenvalue weighted by Crippen LogP contribution is -2.14. The molecule has 2 heterocycles. The average Bonchev–Trinajstić information content (AvgIpc) is 2.84. The van der Waals surface area contributed by atoms with E-state index < -0.39 is 0 Å². The van der Waals surface area contributed by atoms with Crippen molar-refractivity contribution in [3.8, 4) is 0 Å². The number of furan rings is 1. The number of rotatable bonds is 3. The van der Waals surface area contributed by atoms with Crippen LogP contribution in [0.15, 0.2) is 47.1 Å². The van der Waals surface area contributed by atoms with Crippen molar-refractivity contribution in [2.45, 2.75) is 23.8 Å². The Hall–Kier alpha value is -1.35. The summed E-state index contributed by atoms with van der Waals surface area (Å²) in [5.41, 5.74) is 2.75. The van der Waals surface area contributed by atoms with E-state index in [9.17, 15) is 0 Å². The third-order valence-corrected chi connectivity index (χ3v) is 4.64. The minimum atomic E-state index is 0.655. The van der Waals surface area contributed by atoms with Gasteiger partial charge >= 0.3 is 0 Å². The van der Waals surface area contributed by atoms with Crippen molar-refractivity contribution < 1.29 is 4.42 Å². The molecule has 1 aromatic heterocycles. The molecule has 1 N–H and O–H groups in total. The summed E-state index contributed by atoms with van der Waals surface area (Å²) in [5.74, 6) is 2.04. The molecule has 0 fully saturated rings. The molecule has 1 aliphatic rings. The number of aryl methyl sites for hydroxylation is 1. The van der Waals surface area contributed by atoms with E-state index in [1.54, 1.807) is 6.26 Å². The van der Waals surface area contributed by atoms with Gasteiger partial charge in [0.1, 0.15) is 5.76 Å². The van der Waals surface area contributed by atoms with Crippen molar-refractivity contribution in [3.05, 3.63) is 54.0 Å². The molecule has 0 saturated carbocycles. The second kappa shape index (κ2) is 5.53. The molecule has 0 amide bonds. The van der Waals surface area contributed by atoms with Gasteiger partial charge in [-0.25, -0.2) is 0 Å². The number of fused-ring (bicyclic) bond motifs is 1. The number of nitrogens with one attached hydrogen (secondary N) is 1. The number of hydrogen-bond donors (Lipinski definition) is 1. The molecule has 18 heavy (non-hydrogen) atoms. The van der Waals surface area contributed by atoms with Crippen LogP contribution in [-0.2, 0) is 12.2 Å². The highest BCUT2D eigenvalue weighted by Gasteiger charge is 2.16. The predicted octanol–water partition coefficient (Wildman–Crippen LogP) is 3.94. The fraction of sp³-hybridized carbons (Fsp3) is 0.333. The number of anilines is 1. The van der Waals surface area contributed by atoms with Crippen LogP contribution in [-0.4, -0.2) is 11.8 Å². The van der Waals surface area contributed by atoms with Crippen molar-refractivity contribution >= 4 is 17.4 Å². The molecule has 1 unspecified atom stereocenters. The lowest BCUT2D eigenvalue weighted by molar-refractivity contribution is 0.530. The maximum Gasteiger partial charge on any atom is 0.113 e. The Kier molecular flexibility index (Phi) is 3.60. The van der Waals surface area contributed by atoms with Gasteiger partial charge in [0, 0.05) is 17.5 Å². The molecule has 2 nitrogen and oxygen atoms in total. The summed E-state index contributed by atoms with van der Waals surface area (Å²) in [7, 11) is 0. The Balaban J connectivity index is 1.58. The highest BCUT2D eigenvalue weighted by atomic mass is 32.2. The van der Waals surface area contributed by atoms with Crippen LogP contribution in [0.4, 0.5) is 5.69 Å². The summed E-state index contributed by atoms with van der Waals surface area (Å²) in [6, 6.07) is 12.6. The topological polar surface area (TPSA) is 25.2 Å². The molecular formula is C15H17NOS. The van der Waals surface area contributed by atoms with E-state index in [2.05, 4.69) is 29.6 Å². The van der Waals surface area contributed by atoms with Gasteiger partial charge in [0.15, 0.2) is 0 Å². The van der Waals surface area contributed by atoms with Crippen LogP contribution < -0.4 is 5.32 Å². The van der Waals surface area contributed by atoms with E-state index >= 15 is 0 Å². The van der Waals surface area contributed by atoms with E-state index in [4.69, 9.17) is 4.42 Å². The van der Waals surface area contributed by atoms with Gasteiger partial charge in [0.2, 0.25) is 0 Å². The fourth-order valence-corrected chi connectivity index (χ4v) is 3.34. The van der Waals surface area contributed by atoms with Crippen LogP contribution in [0.1, 0.15) is 17.7 Å². The van der Waals surface area contributed by atoms with E-state index in [0.29, 0.717) is 5.25 Å². The maximum atomic E-state index is 5.38. The summed E-state index contributed by atoms with van der Waals surface area (Å²) >= 11 is 1.98. The van der Waals surface area contributed by atoms with Crippen molar-refractivity contribution in [3.63, 3.8) is 0 Å². The molecule has 3 heteroatoms. The summed E-state index contributed by atoms with van der Waals surface area (Å²) in [4.78, 5) is 0. The van der Waals surface area contributed by atoms with Crippen molar-refractivity contribution in [2.24, 2.45) is 0 Å². The quantitative estimate of drug-likeness (QED) is 0.904. The Morgan fingerprint density at radius 2 is 2.17 bits per heavy atom. The van der Waals surface area contributed by atoms with Crippen molar-refractivity contribution in [1.29, 1.82) is 0 Å². The first-order valence-corrected chi connectivity index (χ1v) is 7.42. The third-order valence-electron chi connectivity index (χ3n) is 3.31. The average molecular weight is 259 g/mol. The maximum absolute atomic E-state index is 5.38. The van der Waals surface area contributed by atoms with Gasteiger partial charge in [-0.15, -0.1) is 11.8 Å². The van der Waals surface area contributed by atoms with Crippen molar-refractivity contribution in [2.75, 3.05) is 11.9 Å². The van der Waals surface area contributed by atoms with E-state index in [-0.39, 0.29) is 0 Å². The molecule has 0 spiro atoms. The Morgan fingerprint density at radius 1 is 1.22 bits per heavy atom. The number of hydrogen-bond acceptors (Lipinski definition) is 3. The van der Waals surface area contributed by atoms with E-state index in [0.717, 1.165) is 18.1 Å². The fourth-order valence-electron chi connectivity index (χ4n) is 2.29. The molecule has 0 bridgehead atoms. The number of benzene rings is 1. The Morgan fingerprint density at radius 3 is 3.06 bits per heavy atom. The molecule has 0 saturated heterocycles. The monoisotopic (exact) mass is 259 g/mol. The first kappa shape index (κ1) is 11.7. The molecule has 0 radical (unpaired) electrons. The van der Waals surface area contributed by atoms with Crippen LogP contribution >= 0.6 is 11.8 Å². The van der Waals surface area contributed by atoms with Crippen LogP contribution in [0.25, 0.3) is 0 Å². The smallest absolute Gasteiger partial charge is 0.113 e. The van der Waals surface area contributed by atoms with Gasteiger partial charge in [0.05, 0.1) is 12.0 Å². The van der Waals surface area contributed by atoms with E-state index in [1.165, 1.54) is 24.1 Å². The van der Waals surface area contributed by atoms with Gasteiger partial charge in [-0.2, -0.15) is 0 Å². The first-order valence-electron chi connectivity index (χ1n) is 6.37. The molecular weight excluding hydrogens is 242 g/mol. The zero-order chi connectivity index (χ0) is 12.2. The Bertz CT molecular complexity index is 465. The van der Waals surface area contributed by atoms with Crippen LogP contribution in [0, 0.1) is 0 Å². The molecule has 3 rings (SSSR count). The van der Waals surface area contributed by atoms with Crippen LogP contribution in [0.2, 0.25) is 0 Å². The highest BCUT2D eigenvalue weighted by Crippen LogP contribution is 2.28. The molecule has 1 aliphatic heterocycles. The van der Waals surface area contributed by atoms with Gasteiger partial charge < -0.3 is 9.73 Å². The molecule has 2 aromatic rings. The summed E-state index contributed by atoms with van der Waals surface area (Å²) in [6.07, 6.45) is 4.14. The lowest BCUT2D eigenvalue weighted by atomic mass is 10.1. The SMILES string of the molecule is c1coc(CSC2CCc3ccccc3NC2)c1. The molecule has 94 valence electrons. The second-order valence-corrected chi connectivity index (χ2v) is 5.88. The van der Waals surface area contributed by atoms with Gasteiger partial charge in [-0.3, -0.25) is 0 Å². The molecule has 0 aliphatic carbocycles. The first-order chi connectivity index (χ1) is 8.92.